The predicted octanol–water partition coefficient (Wildman–Crippen LogP) is -0.208. The van der Waals surface area contributed by atoms with Gasteiger partial charge in [-0.15, -0.1) is 0 Å². The first-order chi connectivity index (χ1) is 6.06. The first-order valence-electron chi connectivity index (χ1n) is 4.26. The smallest absolute Gasteiger partial charge is 0.216 e. The standard InChI is InChI=1S/C7H15NO3S2/c1-6(4-9)13(10,11)8-7-2-3-12-5-7/h6-9H,2-5H2,1H3. The molecule has 1 rings (SSSR count). The zero-order chi connectivity index (χ0) is 9.90. The lowest BCUT2D eigenvalue weighted by molar-refractivity contribution is 0.294. The maximum atomic E-state index is 11.4. The zero-order valence-corrected chi connectivity index (χ0v) is 9.20. The molecule has 1 aliphatic heterocycles. The van der Waals surface area contributed by atoms with Crippen LogP contribution in [0.15, 0.2) is 0 Å². The van der Waals surface area contributed by atoms with E-state index in [1.165, 1.54) is 6.92 Å². The summed E-state index contributed by atoms with van der Waals surface area (Å²) >= 11 is 1.75. The average molecular weight is 225 g/mol. The molecule has 78 valence electrons. The summed E-state index contributed by atoms with van der Waals surface area (Å²) in [4.78, 5) is 0. The topological polar surface area (TPSA) is 66.4 Å². The fourth-order valence-corrected chi connectivity index (χ4v) is 3.43. The summed E-state index contributed by atoms with van der Waals surface area (Å²) in [5.74, 6) is 1.86. The fourth-order valence-electron chi connectivity index (χ4n) is 1.07. The van der Waals surface area contributed by atoms with E-state index in [0.717, 1.165) is 17.9 Å². The maximum absolute atomic E-state index is 11.4. The first kappa shape index (κ1) is 11.3. The lowest BCUT2D eigenvalue weighted by Crippen LogP contribution is -2.41. The average Bonchev–Trinajstić information content (AvgIpc) is 2.54. The highest BCUT2D eigenvalue weighted by molar-refractivity contribution is 7.99. The Kier molecular flexibility index (Phi) is 4.03. The summed E-state index contributed by atoms with van der Waals surface area (Å²) in [5.41, 5.74) is 0. The van der Waals surface area contributed by atoms with Crippen molar-refractivity contribution in [3.8, 4) is 0 Å². The SMILES string of the molecule is CC(CO)S(=O)(=O)NC1CCSC1. The van der Waals surface area contributed by atoms with E-state index in [1.54, 1.807) is 11.8 Å². The molecule has 0 aromatic heterocycles. The number of sulfonamides is 1. The van der Waals surface area contributed by atoms with Gasteiger partial charge in [0.2, 0.25) is 10.0 Å². The van der Waals surface area contributed by atoms with Crippen molar-refractivity contribution in [2.75, 3.05) is 18.1 Å². The number of hydrogen-bond acceptors (Lipinski definition) is 4. The first-order valence-corrected chi connectivity index (χ1v) is 6.96. The summed E-state index contributed by atoms with van der Waals surface area (Å²) in [6.45, 7) is 1.18. The van der Waals surface area contributed by atoms with Gasteiger partial charge in [0.05, 0.1) is 11.9 Å². The van der Waals surface area contributed by atoms with Crippen LogP contribution in [0, 0.1) is 0 Å². The second-order valence-corrected chi connectivity index (χ2v) is 6.50. The highest BCUT2D eigenvalue weighted by Crippen LogP contribution is 2.18. The van der Waals surface area contributed by atoms with Crippen LogP contribution in [0.5, 0.6) is 0 Å². The number of nitrogens with one attached hydrogen (secondary N) is 1. The zero-order valence-electron chi connectivity index (χ0n) is 7.56. The Morgan fingerprint density at radius 3 is 2.85 bits per heavy atom. The Labute approximate surface area is 83.2 Å². The molecule has 1 heterocycles. The van der Waals surface area contributed by atoms with Crippen LogP contribution in [-0.4, -0.2) is 42.9 Å². The van der Waals surface area contributed by atoms with Gasteiger partial charge in [-0.25, -0.2) is 13.1 Å². The van der Waals surface area contributed by atoms with Crippen LogP contribution in [0.2, 0.25) is 0 Å². The Morgan fingerprint density at radius 2 is 2.38 bits per heavy atom. The number of aliphatic hydroxyl groups excluding tert-OH is 1. The van der Waals surface area contributed by atoms with E-state index in [1.807, 2.05) is 0 Å². The molecular weight excluding hydrogens is 210 g/mol. The van der Waals surface area contributed by atoms with Crippen LogP contribution < -0.4 is 4.72 Å². The van der Waals surface area contributed by atoms with E-state index in [-0.39, 0.29) is 12.6 Å². The summed E-state index contributed by atoms with van der Waals surface area (Å²) in [5, 5.41) is 8.01. The molecule has 1 fully saturated rings. The molecule has 0 bridgehead atoms. The monoisotopic (exact) mass is 225 g/mol. The second-order valence-electron chi connectivity index (χ2n) is 3.22. The largest absolute Gasteiger partial charge is 0.395 e. The minimum absolute atomic E-state index is 0.0593. The van der Waals surface area contributed by atoms with Crippen LogP contribution in [0.25, 0.3) is 0 Å². The summed E-state index contributed by atoms with van der Waals surface area (Å²) in [6.07, 6.45) is 0.891. The van der Waals surface area contributed by atoms with Crippen molar-refractivity contribution >= 4 is 21.8 Å². The van der Waals surface area contributed by atoms with Crippen molar-refractivity contribution < 1.29 is 13.5 Å². The van der Waals surface area contributed by atoms with Crippen molar-refractivity contribution in [3.63, 3.8) is 0 Å². The minimum Gasteiger partial charge on any atom is -0.395 e. The molecule has 6 heteroatoms. The molecule has 0 aliphatic carbocycles. The Balaban J connectivity index is 2.50. The van der Waals surface area contributed by atoms with Crippen LogP contribution in [0.4, 0.5) is 0 Å². The number of aliphatic hydroxyl groups is 1. The molecule has 0 aromatic carbocycles. The summed E-state index contributed by atoms with van der Waals surface area (Å²) < 4.78 is 25.5. The van der Waals surface area contributed by atoms with Crippen molar-refractivity contribution in [2.45, 2.75) is 24.6 Å². The quantitative estimate of drug-likeness (QED) is 0.695. The number of thioether (sulfide) groups is 1. The van der Waals surface area contributed by atoms with E-state index < -0.39 is 15.3 Å². The molecule has 1 aliphatic rings. The van der Waals surface area contributed by atoms with Gasteiger partial charge in [0.25, 0.3) is 0 Å². The number of hydrogen-bond donors (Lipinski definition) is 2. The fraction of sp³-hybridized carbons (Fsp3) is 1.00. The molecule has 0 spiro atoms. The molecule has 2 unspecified atom stereocenters. The van der Waals surface area contributed by atoms with Gasteiger partial charge < -0.3 is 5.11 Å². The highest BCUT2D eigenvalue weighted by Gasteiger charge is 2.25. The molecule has 2 atom stereocenters. The lowest BCUT2D eigenvalue weighted by Gasteiger charge is -2.15. The Bertz CT molecular complexity index is 246. The molecule has 1 saturated heterocycles. The number of rotatable bonds is 4. The van der Waals surface area contributed by atoms with Gasteiger partial charge in [0.1, 0.15) is 0 Å². The maximum Gasteiger partial charge on any atom is 0.216 e. The molecule has 2 N–H and O–H groups in total. The third kappa shape index (κ3) is 3.12. The van der Waals surface area contributed by atoms with Gasteiger partial charge in [-0.3, -0.25) is 0 Å². The summed E-state index contributed by atoms with van der Waals surface area (Å²) in [6, 6.07) is 0.0593. The van der Waals surface area contributed by atoms with E-state index in [2.05, 4.69) is 4.72 Å². The van der Waals surface area contributed by atoms with Crippen LogP contribution in [0.1, 0.15) is 13.3 Å². The predicted molar refractivity (Wildman–Crippen MR) is 54.3 cm³/mol. The second kappa shape index (κ2) is 4.63. The lowest BCUT2D eigenvalue weighted by atomic mass is 10.3. The van der Waals surface area contributed by atoms with E-state index in [9.17, 15) is 8.42 Å². The van der Waals surface area contributed by atoms with Gasteiger partial charge in [0, 0.05) is 11.8 Å². The van der Waals surface area contributed by atoms with Crippen molar-refractivity contribution in [2.24, 2.45) is 0 Å². The van der Waals surface area contributed by atoms with Gasteiger partial charge in [-0.2, -0.15) is 11.8 Å². The van der Waals surface area contributed by atoms with Crippen molar-refractivity contribution in [3.05, 3.63) is 0 Å². The minimum atomic E-state index is -3.31. The molecule has 0 radical (unpaired) electrons. The summed E-state index contributed by atoms with van der Waals surface area (Å²) in [7, 11) is -3.31. The third-order valence-corrected chi connectivity index (χ3v) is 5.08. The highest BCUT2D eigenvalue weighted by atomic mass is 32.2. The Morgan fingerprint density at radius 1 is 1.69 bits per heavy atom. The molecule has 4 nitrogen and oxygen atoms in total. The third-order valence-electron chi connectivity index (χ3n) is 2.05. The molecular formula is C7H15NO3S2. The van der Waals surface area contributed by atoms with E-state index >= 15 is 0 Å². The van der Waals surface area contributed by atoms with Crippen LogP contribution in [-0.2, 0) is 10.0 Å². The van der Waals surface area contributed by atoms with Gasteiger partial charge in [-0.1, -0.05) is 0 Å². The van der Waals surface area contributed by atoms with Crippen LogP contribution >= 0.6 is 11.8 Å². The molecule has 13 heavy (non-hydrogen) atoms. The van der Waals surface area contributed by atoms with Gasteiger partial charge in [-0.05, 0) is 19.1 Å². The van der Waals surface area contributed by atoms with Crippen molar-refractivity contribution in [1.29, 1.82) is 0 Å². The van der Waals surface area contributed by atoms with E-state index in [0.29, 0.717) is 0 Å². The molecule has 0 saturated carbocycles. The molecule has 0 aromatic rings. The van der Waals surface area contributed by atoms with Gasteiger partial charge in [0.15, 0.2) is 0 Å². The van der Waals surface area contributed by atoms with Crippen molar-refractivity contribution in [1.82, 2.24) is 4.72 Å². The molecule has 0 amide bonds. The van der Waals surface area contributed by atoms with E-state index in [4.69, 9.17) is 5.11 Å². The normalized spacial score (nSPS) is 26.2. The Hall–Kier alpha value is 0.220. The van der Waals surface area contributed by atoms with Gasteiger partial charge >= 0.3 is 0 Å². The van der Waals surface area contributed by atoms with Crippen LogP contribution in [0.3, 0.4) is 0 Å².